The first-order valence-corrected chi connectivity index (χ1v) is 3.80. The van der Waals surface area contributed by atoms with Gasteiger partial charge in [0.2, 0.25) is 5.95 Å². The number of carbonyl (C=O) groups excluding carboxylic acids is 1. The molecule has 0 fully saturated rings. The average molecular weight is 180 g/mol. The summed E-state index contributed by atoms with van der Waals surface area (Å²) < 4.78 is 1.28. The minimum atomic E-state index is -0.250. The number of aryl methyl sites for hydroxylation is 1. The molecule has 0 aliphatic carbocycles. The molecule has 1 aliphatic heterocycles. The van der Waals surface area contributed by atoms with Crippen molar-refractivity contribution >= 4 is 11.9 Å². The molecule has 1 amide bonds. The highest BCUT2D eigenvalue weighted by Gasteiger charge is 2.15. The molecule has 1 aromatic rings. The van der Waals surface area contributed by atoms with Crippen molar-refractivity contribution < 1.29 is 4.79 Å². The molecule has 0 unspecified atom stereocenters. The molecule has 2 heterocycles. The van der Waals surface area contributed by atoms with E-state index in [2.05, 4.69) is 15.8 Å². The molecule has 2 N–H and O–H groups in total. The fraction of sp³-hybridized carbons (Fsp3) is 0.286. The molecule has 0 bridgehead atoms. The monoisotopic (exact) mass is 180 g/mol. The van der Waals surface area contributed by atoms with Gasteiger partial charge in [-0.25, -0.2) is 4.98 Å². The minimum absolute atomic E-state index is 0.0223. The molecule has 1 aliphatic rings. The van der Waals surface area contributed by atoms with Gasteiger partial charge < -0.3 is 0 Å². The van der Waals surface area contributed by atoms with Crippen molar-refractivity contribution in [3.05, 3.63) is 22.1 Å². The number of aromatic nitrogens is 2. The summed E-state index contributed by atoms with van der Waals surface area (Å²) in [5.74, 6) is 0.129. The van der Waals surface area contributed by atoms with Crippen molar-refractivity contribution in [2.45, 2.75) is 13.5 Å². The lowest BCUT2D eigenvalue weighted by Crippen LogP contribution is -2.43. The number of fused-ring (bicyclic) bond motifs is 1. The Hall–Kier alpha value is -1.85. The van der Waals surface area contributed by atoms with Crippen molar-refractivity contribution in [3.8, 4) is 0 Å². The second-order valence-corrected chi connectivity index (χ2v) is 2.82. The third-order valence-electron chi connectivity index (χ3n) is 1.75. The summed E-state index contributed by atoms with van der Waals surface area (Å²) in [7, 11) is 0. The Balaban J connectivity index is 2.59. The van der Waals surface area contributed by atoms with Crippen molar-refractivity contribution in [2.24, 2.45) is 0 Å². The molecular formula is C7H8N4O2. The number of rotatable bonds is 0. The van der Waals surface area contributed by atoms with Gasteiger partial charge in [-0.05, 0) is 6.92 Å². The normalized spacial score (nSPS) is 14.4. The van der Waals surface area contributed by atoms with Crippen LogP contribution in [0.25, 0.3) is 0 Å². The van der Waals surface area contributed by atoms with E-state index in [1.165, 1.54) is 10.6 Å². The molecule has 0 saturated heterocycles. The lowest BCUT2D eigenvalue weighted by Gasteiger charge is -2.18. The summed E-state index contributed by atoms with van der Waals surface area (Å²) in [6.45, 7) is 1.74. The topological polar surface area (TPSA) is 76.0 Å². The van der Waals surface area contributed by atoms with Crippen molar-refractivity contribution in [3.63, 3.8) is 0 Å². The van der Waals surface area contributed by atoms with Gasteiger partial charge in [-0.2, -0.15) is 0 Å². The molecule has 0 aromatic carbocycles. The Morgan fingerprint density at radius 2 is 2.23 bits per heavy atom. The number of nitrogens with one attached hydrogen (secondary N) is 2. The van der Waals surface area contributed by atoms with Crippen molar-refractivity contribution in [1.29, 1.82) is 0 Å². The van der Waals surface area contributed by atoms with Crippen molar-refractivity contribution in [1.82, 2.24) is 15.0 Å². The first-order chi connectivity index (χ1) is 6.16. The number of hydrogen-bond donors (Lipinski definition) is 2. The van der Waals surface area contributed by atoms with Crippen LogP contribution in [-0.4, -0.2) is 15.5 Å². The molecule has 1 aromatic heterocycles. The zero-order valence-corrected chi connectivity index (χ0v) is 7.00. The maximum atomic E-state index is 11.3. The fourth-order valence-electron chi connectivity index (χ4n) is 1.18. The molecule has 0 radical (unpaired) electrons. The third-order valence-corrected chi connectivity index (χ3v) is 1.75. The Labute approximate surface area is 73.6 Å². The van der Waals surface area contributed by atoms with Gasteiger partial charge >= 0.3 is 0 Å². The zero-order chi connectivity index (χ0) is 9.42. The number of hydrazine groups is 1. The Morgan fingerprint density at radius 1 is 1.46 bits per heavy atom. The van der Waals surface area contributed by atoms with E-state index in [0.29, 0.717) is 11.6 Å². The van der Waals surface area contributed by atoms with Crippen LogP contribution in [0, 0.1) is 6.92 Å². The fourth-order valence-corrected chi connectivity index (χ4v) is 1.18. The van der Waals surface area contributed by atoms with Gasteiger partial charge in [-0.15, -0.1) is 0 Å². The second kappa shape index (κ2) is 2.58. The minimum Gasteiger partial charge on any atom is -0.271 e. The van der Waals surface area contributed by atoms with E-state index in [4.69, 9.17) is 0 Å². The summed E-state index contributed by atoms with van der Waals surface area (Å²) in [5, 5.41) is 0. The predicted octanol–water partition coefficient (Wildman–Crippen LogP) is -0.992. The highest BCUT2D eigenvalue weighted by Crippen LogP contribution is 2.03. The smallest absolute Gasteiger partial charge is 0.258 e. The Bertz CT molecular complexity index is 423. The van der Waals surface area contributed by atoms with Gasteiger partial charge in [-0.3, -0.25) is 25.0 Å². The van der Waals surface area contributed by atoms with E-state index in [1.807, 2.05) is 0 Å². The third kappa shape index (κ3) is 1.26. The quantitative estimate of drug-likeness (QED) is 0.537. The van der Waals surface area contributed by atoms with E-state index in [-0.39, 0.29) is 18.0 Å². The number of hydrogen-bond acceptors (Lipinski definition) is 4. The summed E-state index contributed by atoms with van der Waals surface area (Å²) in [5.41, 5.74) is 5.33. The standard InChI is InChI=1S/C7H8N4O2/c1-4-2-6(13)11-3-5(12)9-10-7(11)8-4/h2H,3H2,1H3,(H,8,10)(H,9,12). The molecule has 2 rings (SSSR count). The van der Waals surface area contributed by atoms with Crippen LogP contribution in [0.3, 0.4) is 0 Å². The van der Waals surface area contributed by atoms with Crippen molar-refractivity contribution in [2.75, 3.05) is 5.43 Å². The summed E-state index contributed by atoms with van der Waals surface area (Å²) in [6, 6.07) is 1.39. The van der Waals surface area contributed by atoms with E-state index >= 15 is 0 Å². The van der Waals surface area contributed by atoms with Crippen LogP contribution in [0.1, 0.15) is 5.69 Å². The maximum absolute atomic E-state index is 11.3. The van der Waals surface area contributed by atoms with Gasteiger partial charge in [0.1, 0.15) is 6.54 Å². The van der Waals surface area contributed by atoms with Gasteiger partial charge in [0.05, 0.1) is 0 Å². The molecular weight excluding hydrogens is 172 g/mol. The predicted molar refractivity (Wildman–Crippen MR) is 45.0 cm³/mol. The Kier molecular flexibility index (Phi) is 1.54. The van der Waals surface area contributed by atoms with Crippen LogP contribution in [0.4, 0.5) is 5.95 Å². The average Bonchev–Trinajstić information content (AvgIpc) is 2.06. The first-order valence-electron chi connectivity index (χ1n) is 3.80. The molecule has 13 heavy (non-hydrogen) atoms. The van der Waals surface area contributed by atoms with Crippen LogP contribution in [-0.2, 0) is 11.3 Å². The van der Waals surface area contributed by atoms with Crippen LogP contribution in [0.2, 0.25) is 0 Å². The van der Waals surface area contributed by atoms with E-state index < -0.39 is 0 Å². The highest BCUT2D eigenvalue weighted by atomic mass is 16.2. The Morgan fingerprint density at radius 3 is 3.00 bits per heavy atom. The van der Waals surface area contributed by atoms with E-state index in [0.717, 1.165) is 0 Å². The van der Waals surface area contributed by atoms with Crippen LogP contribution in [0.15, 0.2) is 10.9 Å². The van der Waals surface area contributed by atoms with Gasteiger partial charge in [0.25, 0.3) is 11.5 Å². The largest absolute Gasteiger partial charge is 0.271 e. The maximum Gasteiger partial charge on any atom is 0.258 e. The van der Waals surface area contributed by atoms with Gasteiger partial charge in [0, 0.05) is 11.8 Å². The lowest BCUT2D eigenvalue weighted by molar-refractivity contribution is -0.121. The molecule has 0 atom stereocenters. The van der Waals surface area contributed by atoms with E-state index in [9.17, 15) is 9.59 Å². The van der Waals surface area contributed by atoms with Gasteiger partial charge in [-0.1, -0.05) is 0 Å². The lowest BCUT2D eigenvalue weighted by atomic mass is 10.4. The molecule has 0 saturated carbocycles. The summed E-state index contributed by atoms with van der Waals surface area (Å²) in [4.78, 5) is 26.3. The number of anilines is 1. The molecule has 6 nitrogen and oxygen atoms in total. The molecule has 0 spiro atoms. The van der Waals surface area contributed by atoms with Crippen LogP contribution in [0.5, 0.6) is 0 Å². The SMILES string of the molecule is Cc1cc(=O)n2c(n1)NNC(=O)C2. The second-order valence-electron chi connectivity index (χ2n) is 2.82. The van der Waals surface area contributed by atoms with Crippen LogP contribution >= 0.6 is 0 Å². The molecule has 68 valence electrons. The van der Waals surface area contributed by atoms with Crippen LogP contribution < -0.4 is 16.4 Å². The van der Waals surface area contributed by atoms with E-state index in [1.54, 1.807) is 6.92 Å². The summed E-state index contributed by atoms with van der Waals surface area (Å²) >= 11 is 0. The number of amides is 1. The summed E-state index contributed by atoms with van der Waals surface area (Å²) in [6.07, 6.45) is 0. The molecule has 6 heteroatoms. The van der Waals surface area contributed by atoms with Gasteiger partial charge in [0.15, 0.2) is 0 Å². The highest BCUT2D eigenvalue weighted by molar-refractivity contribution is 5.78. The number of carbonyl (C=O) groups is 1. The first kappa shape index (κ1) is 7.78. The zero-order valence-electron chi connectivity index (χ0n) is 7.00. The number of nitrogens with zero attached hydrogens (tertiary/aromatic N) is 2.